The lowest BCUT2D eigenvalue weighted by molar-refractivity contribution is -0.117. The van der Waals surface area contributed by atoms with Gasteiger partial charge in [0.1, 0.15) is 5.75 Å². The van der Waals surface area contributed by atoms with Crippen molar-refractivity contribution in [1.82, 2.24) is 14.4 Å². The molecule has 0 spiro atoms. The van der Waals surface area contributed by atoms with Crippen LogP contribution in [0.1, 0.15) is 28.5 Å². The van der Waals surface area contributed by atoms with Gasteiger partial charge in [-0.05, 0) is 43.7 Å². The van der Waals surface area contributed by atoms with Crippen LogP contribution in [0.2, 0.25) is 0 Å². The molecule has 0 radical (unpaired) electrons. The molecule has 202 valence electrons. The van der Waals surface area contributed by atoms with Crippen LogP contribution in [0, 0.1) is 6.92 Å². The zero-order valence-corrected chi connectivity index (χ0v) is 22.3. The highest BCUT2D eigenvalue weighted by Gasteiger charge is 2.26. The first kappa shape index (κ1) is 25.9. The zero-order valence-electron chi connectivity index (χ0n) is 22.3. The summed E-state index contributed by atoms with van der Waals surface area (Å²) in [5, 5.41) is 3.67. The Balaban J connectivity index is 1.26. The summed E-state index contributed by atoms with van der Waals surface area (Å²) >= 11 is 0. The van der Waals surface area contributed by atoms with Crippen LogP contribution in [0.15, 0.2) is 30.3 Å². The van der Waals surface area contributed by atoms with Crippen LogP contribution in [0.4, 0.5) is 5.69 Å². The van der Waals surface area contributed by atoms with E-state index >= 15 is 0 Å². The monoisotopic (exact) mass is 522 g/mol. The van der Waals surface area contributed by atoms with Gasteiger partial charge in [-0.25, -0.2) is 4.79 Å². The summed E-state index contributed by atoms with van der Waals surface area (Å²) in [6, 6.07) is 9.75. The Kier molecular flexibility index (Phi) is 7.44. The number of carbonyl (C=O) groups excluding carboxylic acids is 2. The van der Waals surface area contributed by atoms with Gasteiger partial charge in [0.05, 0.1) is 37.0 Å². The van der Waals surface area contributed by atoms with E-state index in [9.17, 15) is 9.59 Å². The van der Waals surface area contributed by atoms with Crippen LogP contribution in [-0.4, -0.2) is 79.5 Å². The molecule has 0 aliphatic carbocycles. The quantitative estimate of drug-likeness (QED) is 0.451. The van der Waals surface area contributed by atoms with Gasteiger partial charge in [0, 0.05) is 50.9 Å². The van der Waals surface area contributed by atoms with E-state index in [2.05, 4.69) is 21.2 Å². The molecular formula is C28H34N4O6. The summed E-state index contributed by atoms with van der Waals surface area (Å²) in [6.45, 7) is 8.50. The van der Waals surface area contributed by atoms with Gasteiger partial charge in [-0.1, -0.05) is 6.07 Å². The second kappa shape index (κ2) is 10.9. The third-order valence-electron chi connectivity index (χ3n) is 7.26. The van der Waals surface area contributed by atoms with Crippen LogP contribution < -0.4 is 19.5 Å². The largest absolute Gasteiger partial charge is 0.495 e. The number of methoxy groups -OCH3 is 1. The second-order valence-electron chi connectivity index (χ2n) is 9.56. The standard InChI is InChI=1S/C28H34N4O6/c1-5-36-28(34)25-18(2)30(3)20-7-9-22(35-4)27(26(20)25)29-24(33)16-32-12-10-31(11-13-32)15-19-6-8-21-23(14-19)38-17-37-21/h6-9,14H,5,10-13,15-17H2,1-4H3,(H,29,33). The van der Waals surface area contributed by atoms with Crippen molar-refractivity contribution in [1.29, 1.82) is 0 Å². The molecule has 2 aromatic carbocycles. The molecule has 0 atom stereocenters. The normalized spacial score (nSPS) is 15.6. The van der Waals surface area contributed by atoms with E-state index in [0.717, 1.165) is 55.4 Å². The maximum atomic E-state index is 13.2. The topological polar surface area (TPSA) is 94.5 Å². The highest BCUT2D eigenvalue weighted by atomic mass is 16.7. The molecule has 1 N–H and O–H groups in total. The zero-order chi connectivity index (χ0) is 26.8. The Labute approximate surface area is 222 Å². The molecule has 38 heavy (non-hydrogen) atoms. The first-order valence-electron chi connectivity index (χ1n) is 12.9. The van der Waals surface area contributed by atoms with Crippen molar-refractivity contribution in [2.24, 2.45) is 7.05 Å². The van der Waals surface area contributed by atoms with Crippen molar-refractivity contribution in [3.05, 3.63) is 47.2 Å². The highest BCUT2D eigenvalue weighted by molar-refractivity contribution is 6.14. The van der Waals surface area contributed by atoms with Crippen molar-refractivity contribution in [3.8, 4) is 17.2 Å². The number of esters is 1. The Morgan fingerprint density at radius 3 is 2.50 bits per heavy atom. The first-order chi connectivity index (χ1) is 18.4. The third-order valence-corrected chi connectivity index (χ3v) is 7.26. The molecule has 1 amide bonds. The van der Waals surface area contributed by atoms with Crippen molar-refractivity contribution < 1.29 is 28.5 Å². The van der Waals surface area contributed by atoms with E-state index in [-0.39, 0.29) is 25.9 Å². The van der Waals surface area contributed by atoms with Gasteiger partial charge in [0.2, 0.25) is 12.7 Å². The number of hydrogen-bond donors (Lipinski definition) is 1. The van der Waals surface area contributed by atoms with E-state index in [0.29, 0.717) is 22.4 Å². The maximum Gasteiger partial charge on any atom is 0.340 e. The number of anilines is 1. The second-order valence-corrected chi connectivity index (χ2v) is 9.56. The van der Waals surface area contributed by atoms with Crippen molar-refractivity contribution in [2.45, 2.75) is 20.4 Å². The summed E-state index contributed by atoms with van der Waals surface area (Å²) < 4.78 is 23.7. The van der Waals surface area contributed by atoms with Gasteiger partial charge < -0.3 is 28.8 Å². The maximum absolute atomic E-state index is 13.2. The molecule has 3 aromatic rings. The molecule has 5 rings (SSSR count). The van der Waals surface area contributed by atoms with E-state index in [1.54, 1.807) is 20.1 Å². The van der Waals surface area contributed by atoms with Crippen molar-refractivity contribution in [2.75, 3.05) is 58.6 Å². The Hall–Kier alpha value is -3.76. The lowest BCUT2D eigenvalue weighted by Crippen LogP contribution is -2.48. The summed E-state index contributed by atoms with van der Waals surface area (Å²) in [5.41, 5.74) is 3.69. The van der Waals surface area contributed by atoms with Gasteiger partial charge in [-0.2, -0.15) is 0 Å². The van der Waals surface area contributed by atoms with E-state index in [1.807, 2.05) is 36.7 Å². The Bertz CT molecular complexity index is 1360. The summed E-state index contributed by atoms with van der Waals surface area (Å²) in [6.07, 6.45) is 0. The number of nitrogens with zero attached hydrogens (tertiary/aromatic N) is 3. The molecule has 0 saturated carbocycles. The number of rotatable bonds is 8. The minimum absolute atomic E-state index is 0.156. The van der Waals surface area contributed by atoms with Crippen LogP contribution in [0.25, 0.3) is 10.9 Å². The predicted octanol–water partition coefficient (Wildman–Crippen LogP) is 3.16. The number of ether oxygens (including phenoxy) is 4. The van der Waals surface area contributed by atoms with Gasteiger partial charge >= 0.3 is 5.97 Å². The number of aromatic nitrogens is 1. The average molecular weight is 523 g/mol. The summed E-state index contributed by atoms with van der Waals surface area (Å²) in [7, 11) is 3.44. The average Bonchev–Trinajstić information content (AvgIpc) is 3.47. The van der Waals surface area contributed by atoms with Gasteiger partial charge in [0.25, 0.3) is 0 Å². The van der Waals surface area contributed by atoms with Crippen LogP contribution in [0.3, 0.4) is 0 Å². The molecule has 10 nitrogen and oxygen atoms in total. The summed E-state index contributed by atoms with van der Waals surface area (Å²) in [5.74, 6) is 1.50. The number of nitrogens with one attached hydrogen (secondary N) is 1. The molecule has 0 bridgehead atoms. The molecule has 0 unspecified atom stereocenters. The minimum atomic E-state index is -0.419. The number of amides is 1. The molecule has 1 saturated heterocycles. The fourth-order valence-electron chi connectivity index (χ4n) is 5.17. The number of hydrogen-bond acceptors (Lipinski definition) is 8. The van der Waals surface area contributed by atoms with E-state index in [1.165, 1.54) is 5.56 Å². The molecular weight excluding hydrogens is 488 g/mol. The van der Waals surface area contributed by atoms with Crippen molar-refractivity contribution in [3.63, 3.8) is 0 Å². The lowest BCUT2D eigenvalue weighted by atomic mass is 10.1. The molecule has 1 aromatic heterocycles. The third kappa shape index (κ3) is 5.01. The van der Waals surface area contributed by atoms with Gasteiger partial charge in [-0.15, -0.1) is 0 Å². The van der Waals surface area contributed by atoms with E-state index in [4.69, 9.17) is 18.9 Å². The molecule has 1 fully saturated rings. The van der Waals surface area contributed by atoms with E-state index < -0.39 is 5.97 Å². The molecule has 2 aliphatic rings. The predicted molar refractivity (Wildman–Crippen MR) is 143 cm³/mol. The lowest BCUT2D eigenvalue weighted by Gasteiger charge is -2.34. The van der Waals surface area contributed by atoms with Crippen LogP contribution in [0.5, 0.6) is 17.2 Å². The SMILES string of the molecule is CCOC(=O)c1c(C)n(C)c2ccc(OC)c(NC(=O)CN3CCN(Cc4ccc5c(c4)OCO5)CC3)c12. The van der Waals surface area contributed by atoms with Gasteiger partial charge in [-0.3, -0.25) is 14.6 Å². The number of carbonyl (C=O) groups is 2. The Morgan fingerprint density at radius 2 is 1.76 bits per heavy atom. The first-order valence-corrected chi connectivity index (χ1v) is 12.9. The minimum Gasteiger partial charge on any atom is -0.495 e. The smallest absolute Gasteiger partial charge is 0.340 e. The Morgan fingerprint density at radius 1 is 1.03 bits per heavy atom. The number of fused-ring (bicyclic) bond motifs is 2. The highest BCUT2D eigenvalue weighted by Crippen LogP contribution is 2.38. The fraction of sp³-hybridized carbons (Fsp3) is 0.429. The molecule has 2 aliphatic heterocycles. The number of piperazine rings is 1. The number of benzene rings is 2. The van der Waals surface area contributed by atoms with Gasteiger partial charge in [0.15, 0.2) is 11.5 Å². The fourth-order valence-corrected chi connectivity index (χ4v) is 5.17. The van der Waals surface area contributed by atoms with Crippen molar-refractivity contribution >= 4 is 28.5 Å². The number of aryl methyl sites for hydroxylation is 1. The van der Waals surface area contributed by atoms with Crippen LogP contribution in [-0.2, 0) is 23.1 Å². The molecule has 3 heterocycles. The molecule has 10 heteroatoms. The van der Waals surface area contributed by atoms with Crippen LogP contribution >= 0.6 is 0 Å². The summed E-state index contributed by atoms with van der Waals surface area (Å²) in [4.78, 5) is 30.6.